The number of benzene rings is 6. The summed E-state index contributed by atoms with van der Waals surface area (Å²) in [7, 11) is 0. The third-order valence-electron chi connectivity index (χ3n) is 9.94. The van der Waals surface area contributed by atoms with E-state index in [1.54, 1.807) is 100 Å². The summed E-state index contributed by atoms with van der Waals surface area (Å²) in [5, 5.41) is 7.61. The van der Waals surface area contributed by atoms with Crippen molar-refractivity contribution in [3.63, 3.8) is 0 Å². The number of nitrogens with zero attached hydrogens (tertiary/aromatic N) is 6. The minimum atomic E-state index is -1.22. The molecule has 0 spiro atoms. The van der Waals surface area contributed by atoms with Gasteiger partial charge in [-0.1, -0.05) is 114 Å². The number of carbonyl (C=O) groups excluding carboxylic acids is 9. The van der Waals surface area contributed by atoms with Crippen molar-refractivity contribution in [1.29, 1.82) is 0 Å². The molecule has 80 heavy (non-hydrogen) atoms. The maximum Gasteiger partial charge on any atom is 0.411 e. The number of ether oxygens (including phenoxy) is 3. The lowest BCUT2D eigenvalue weighted by molar-refractivity contribution is -0.0104. The number of para-hydroxylation sites is 3. The summed E-state index contributed by atoms with van der Waals surface area (Å²) in [6, 6.07) is 41.0. The maximum absolute atomic E-state index is 12.8. The van der Waals surface area contributed by atoms with Crippen molar-refractivity contribution in [3.05, 3.63) is 162 Å². The highest BCUT2D eigenvalue weighted by atomic mass is 16.6. The lowest BCUT2D eigenvalue weighted by Gasteiger charge is -2.31. The molecule has 0 aromatic heterocycles. The van der Waals surface area contributed by atoms with E-state index in [0.29, 0.717) is 67.9 Å². The maximum atomic E-state index is 12.8. The molecule has 0 aliphatic rings. The molecule has 3 N–H and O–H groups in total. The van der Waals surface area contributed by atoms with Crippen LogP contribution in [0.4, 0.5) is 65.6 Å². The van der Waals surface area contributed by atoms with Gasteiger partial charge in [-0.15, -0.1) is 0 Å². The molecular weight excluding hydrogens is 1030 g/mol. The molecule has 414 valence electrons. The van der Waals surface area contributed by atoms with E-state index in [2.05, 4.69) is 59.8 Å². The smallest absolute Gasteiger partial charge is 0.411 e. The molecule has 0 saturated carbocycles. The highest BCUT2D eigenvalue weighted by molar-refractivity contribution is 5.87. The summed E-state index contributed by atoms with van der Waals surface area (Å²) in [6.45, 7) is 14.1. The molecule has 0 radical (unpaired) electrons. The predicted molar refractivity (Wildman–Crippen MR) is 305 cm³/mol. The van der Waals surface area contributed by atoms with Crippen molar-refractivity contribution >= 4 is 106 Å². The van der Waals surface area contributed by atoms with Crippen LogP contribution in [0, 0.1) is 26.2 Å². The quantitative estimate of drug-likeness (QED) is 0.0463. The van der Waals surface area contributed by atoms with Crippen molar-refractivity contribution in [1.82, 2.24) is 0 Å². The first kappa shape index (κ1) is 67.4. The first-order chi connectivity index (χ1) is 38.7. The van der Waals surface area contributed by atoms with E-state index in [9.17, 15) is 43.2 Å². The van der Waals surface area contributed by atoms with E-state index in [0.717, 1.165) is 0 Å². The molecule has 0 fully saturated rings. The molecular formula is C59H61N9O12. The minimum absolute atomic E-state index is 0.217. The average molecular weight is 1090 g/mol. The van der Waals surface area contributed by atoms with Gasteiger partial charge in [0.15, 0.2) is 0 Å². The van der Waals surface area contributed by atoms with Crippen LogP contribution >= 0.6 is 0 Å². The van der Waals surface area contributed by atoms with Gasteiger partial charge in [-0.2, -0.15) is 30.0 Å². The van der Waals surface area contributed by atoms with Gasteiger partial charge in [0.05, 0.1) is 39.5 Å². The van der Waals surface area contributed by atoms with Crippen LogP contribution in [-0.4, -0.2) is 74.6 Å². The summed E-state index contributed by atoms with van der Waals surface area (Å²) in [5.74, 6) is 0. The zero-order valence-electron chi connectivity index (χ0n) is 45.5. The molecule has 0 heterocycles. The Morgan fingerprint density at radius 1 is 0.400 bits per heavy atom. The van der Waals surface area contributed by atoms with Crippen LogP contribution in [0.15, 0.2) is 176 Å². The molecule has 0 saturated heterocycles. The average Bonchev–Trinajstić information content (AvgIpc) is 3.48. The second-order valence-corrected chi connectivity index (χ2v) is 15.9. The van der Waals surface area contributed by atoms with Gasteiger partial charge in [-0.3, -0.25) is 16.0 Å². The molecule has 3 amide bonds. The number of rotatable bonds is 16. The van der Waals surface area contributed by atoms with E-state index >= 15 is 0 Å². The summed E-state index contributed by atoms with van der Waals surface area (Å²) in [4.78, 5) is 120. The third-order valence-corrected chi connectivity index (χ3v) is 9.94. The minimum Gasteiger partial charge on any atom is -0.448 e. The van der Waals surface area contributed by atoms with Gasteiger partial charge in [0, 0.05) is 17.1 Å². The molecule has 21 heteroatoms. The van der Waals surface area contributed by atoms with Crippen molar-refractivity contribution < 1.29 is 57.4 Å². The second kappa shape index (κ2) is 40.7. The van der Waals surface area contributed by atoms with Crippen LogP contribution in [0.2, 0.25) is 0 Å². The number of hydrogen-bond acceptors (Lipinski definition) is 18. The zero-order chi connectivity index (χ0) is 59.4. The molecule has 6 aromatic rings. The number of hydrogen-bond donors (Lipinski definition) is 3. The van der Waals surface area contributed by atoms with E-state index in [4.69, 9.17) is 14.2 Å². The standard InChI is InChI=1S/C33H32N6O9.3C7H5NO.C3H8.C2H6/c1-5-33(15-46-30(43)37-24-9-6-21(2)27(12-24)34-18-40,16-47-31(44)38-25-10-7-22(3)28(13-25)35-19-41)17-48-32(45)39-26-11-8-23(4)29(14-26)36-20-42;3*9-6-8-7-4-2-1-3-5-7;1-3-2;1-2/h6-14H,5,15-17H2,1-4H3,(H,37,43)(H,38,44)(H,39,45);3*1-5H;3H2,1-2H3;1-2H3. The molecule has 0 bridgehead atoms. The normalized spacial score (nSPS) is 9.75. The predicted octanol–water partition coefficient (Wildman–Crippen LogP) is 14.4. The van der Waals surface area contributed by atoms with E-state index in [1.165, 1.54) is 61.1 Å². The fraction of sp³-hybridized carbons (Fsp3) is 0.237. The van der Waals surface area contributed by atoms with Gasteiger partial charge < -0.3 is 14.2 Å². The first-order valence-electron chi connectivity index (χ1n) is 24.5. The molecule has 6 rings (SSSR count). The van der Waals surface area contributed by atoms with Crippen LogP contribution in [0.1, 0.15) is 64.2 Å². The molecule has 21 nitrogen and oxygen atoms in total. The van der Waals surface area contributed by atoms with Crippen LogP contribution in [0.5, 0.6) is 0 Å². The first-order valence-corrected chi connectivity index (χ1v) is 24.5. The fourth-order valence-corrected chi connectivity index (χ4v) is 5.78. The Morgan fingerprint density at radius 2 is 0.637 bits per heavy atom. The molecule has 0 unspecified atom stereocenters. The second-order valence-electron chi connectivity index (χ2n) is 15.9. The summed E-state index contributed by atoms with van der Waals surface area (Å²) in [6.07, 6.45) is 7.57. The van der Waals surface area contributed by atoms with Crippen LogP contribution in [-0.2, 0) is 43.0 Å². The van der Waals surface area contributed by atoms with Gasteiger partial charge in [0.25, 0.3) is 0 Å². The van der Waals surface area contributed by atoms with Gasteiger partial charge >= 0.3 is 18.3 Å². The fourth-order valence-electron chi connectivity index (χ4n) is 5.78. The summed E-state index contributed by atoms with van der Waals surface area (Å²) >= 11 is 0. The van der Waals surface area contributed by atoms with Crippen LogP contribution in [0.25, 0.3) is 0 Å². The van der Waals surface area contributed by atoms with Crippen molar-refractivity contribution in [3.8, 4) is 0 Å². The molecule has 0 atom stereocenters. The number of aliphatic imine (C=N–C) groups is 6. The Morgan fingerprint density at radius 3 is 0.850 bits per heavy atom. The highest BCUT2D eigenvalue weighted by Crippen LogP contribution is 2.28. The van der Waals surface area contributed by atoms with Crippen LogP contribution in [0.3, 0.4) is 0 Å². The summed E-state index contributed by atoms with van der Waals surface area (Å²) < 4.78 is 16.4. The van der Waals surface area contributed by atoms with Crippen molar-refractivity contribution in [2.75, 3.05) is 35.8 Å². The van der Waals surface area contributed by atoms with E-state index < -0.39 is 23.7 Å². The van der Waals surface area contributed by atoms with Crippen molar-refractivity contribution in [2.24, 2.45) is 35.4 Å². The zero-order valence-corrected chi connectivity index (χ0v) is 45.5. The van der Waals surface area contributed by atoms with Gasteiger partial charge in [0.1, 0.15) is 19.8 Å². The number of nitrogens with one attached hydrogen (secondary N) is 3. The Kier molecular flexibility index (Phi) is 34.3. The Hall–Kier alpha value is -10.6. The molecule has 0 aliphatic heterocycles. The molecule has 0 aliphatic carbocycles. The monoisotopic (exact) mass is 1090 g/mol. The van der Waals surface area contributed by atoms with Gasteiger partial charge in [-0.05, 0) is 117 Å². The van der Waals surface area contributed by atoms with E-state index in [1.807, 2.05) is 68.4 Å². The van der Waals surface area contributed by atoms with Gasteiger partial charge in [0.2, 0.25) is 36.5 Å². The lowest BCUT2D eigenvalue weighted by atomic mass is 9.88. The molecule has 6 aromatic carbocycles. The lowest BCUT2D eigenvalue weighted by Crippen LogP contribution is -2.40. The van der Waals surface area contributed by atoms with E-state index in [-0.39, 0.29) is 26.2 Å². The van der Waals surface area contributed by atoms with Crippen molar-refractivity contribution in [2.45, 2.75) is 68.2 Å². The number of amides is 3. The number of anilines is 3. The Balaban J connectivity index is 0.000000793. The van der Waals surface area contributed by atoms with Gasteiger partial charge in [-0.25, -0.2) is 43.2 Å². The number of aryl methyl sites for hydroxylation is 3. The number of carbonyl (C=O) groups is 3. The Labute approximate surface area is 463 Å². The third kappa shape index (κ3) is 27.8. The SMILES string of the molecule is CC.CCC.CCC(COC(=O)Nc1ccc(C)c(N=C=O)c1)(COC(=O)Nc1ccc(C)c(N=C=O)c1)COC(=O)Nc1ccc(C)c(N=C=O)c1.O=C=Nc1ccccc1.O=C=Nc1ccccc1.O=C=Nc1ccccc1. The Bertz CT molecular complexity index is 2840. The summed E-state index contributed by atoms with van der Waals surface area (Å²) in [5.41, 5.74) is 4.58. The number of isocyanates is 6. The highest BCUT2D eigenvalue weighted by Gasteiger charge is 2.34. The van der Waals surface area contributed by atoms with Crippen LogP contribution < -0.4 is 16.0 Å². The topological polar surface area (TPSA) is 292 Å². The largest absolute Gasteiger partial charge is 0.448 e.